The fraction of sp³-hybridized carbons (Fsp3) is 0.417. The molecule has 11 nitrogen and oxygen atoms in total. The number of aliphatic carboxylic acids is 1. The highest BCUT2D eigenvalue weighted by atomic mass is 35.5. The van der Waals surface area contributed by atoms with Crippen LogP contribution in [0.1, 0.15) is 31.4 Å². The number of aryl methyl sites for hydroxylation is 1. The van der Waals surface area contributed by atoms with Gasteiger partial charge in [0, 0.05) is 47.8 Å². The molecule has 1 aromatic carbocycles. The number of carbonyl (C=O) groups is 1. The largest absolute Gasteiger partial charge is 0.481 e. The summed E-state index contributed by atoms with van der Waals surface area (Å²) in [7, 11) is 1.58. The van der Waals surface area contributed by atoms with Crippen molar-refractivity contribution >= 4 is 45.6 Å². The minimum Gasteiger partial charge on any atom is -0.481 e. The second-order valence-corrected chi connectivity index (χ2v) is 9.73. The van der Waals surface area contributed by atoms with Crippen LogP contribution in [0.4, 0.5) is 5.95 Å². The molecule has 3 aromatic heterocycles. The van der Waals surface area contributed by atoms with Crippen molar-refractivity contribution < 1.29 is 9.90 Å². The maximum Gasteiger partial charge on any atom is 0.332 e. The van der Waals surface area contributed by atoms with Gasteiger partial charge in [0.25, 0.3) is 5.56 Å². The predicted molar refractivity (Wildman–Crippen MR) is 138 cm³/mol. The number of aromatic nitrogens is 5. The average Bonchev–Trinajstić information content (AvgIpc) is 3.43. The molecule has 0 spiro atoms. The zero-order valence-electron chi connectivity index (χ0n) is 19.8. The number of nitrogens with zero attached hydrogens (tertiary/aromatic N) is 4. The summed E-state index contributed by atoms with van der Waals surface area (Å²) in [6, 6.07) is 7.21. The van der Waals surface area contributed by atoms with E-state index in [9.17, 15) is 19.5 Å². The third kappa shape index (κ3) is 4.18. The monoisotopic (exact) mass is 513 g/mol. The van der Waals surface area contributed by atoms with Gasteiger partial charge in [-0.3, -0.25) is 18.7 Å². The van der Waals surface area contributed by atoms with Gasteiger partial charge in [-0.15, -0.1) is 0 Å². The number of fused-ring (bicyclic) bond motifs is 2. The van der Waals surface area contributed by atoms with Crippen molar-refractivity contribution in [2.75, 3.05) is 11.9 Å². The van der Waals surface area contributed by atoms with Crippen molar-refractivity contribution in [3.05, 3.63) is 55.8 Å². The summed E-state index contributed by atoms with van der Waals surface area (Å²) in [6.45, 7) is 0.598. The normalized spacial score (nSPS) is 18.2. The molecule has 2 unspecified atom stereocenters. The number of carboxylic acids is 1. The maximum absolute atomic E-state index is 13.6. The number of H-pyrrole nitrogens is 1. The zero-order valence-corrected chi connectivity index (χ0v) is 20.6. The third-order valence-electron chi connectivity index (χ3n) is 6.94. The van der Waals surface area contributed by atoms with Crippen LogP contribution >= 0.6 is 11.6 Å². The van der Waals surface area contributed by atoms with Gasteiger partial charge in [0.05, 0.1) is 12.5 Å². The Balaban J connectivity index is 1.57. The van der Waals surface area contributed by atoms with Crippen molar-refractivity contribution in [2.24, 2.45) is 18.7 Å². The summed E-state index contributed by atoms with van der Waals surface area (Å²) in [5, 5.41) is 14.1. The van der Waals surface area contributed by atoms with Gasteiger partial charge in [-0.05, 0) is 37.5 Å². The number of anilines is 1. The van der Waals surface area contributed by atoms with Crippen LogP contribution in [0.15, 0.2) is 33.9 Å². The summed E-state index contributed by atoms with van der Waals surface area (Å²) < 4.78 is 4.21. The van der Waals surface area contributed by atoms with E-state index in [0.29, 0.717) is 36.1 Å². The molecule has 12 heteroatoms. The van der Waals surface area contributed by atoms with Gasteiger partial charge in [-0.2, -0.15) is 4.98 Å². The Morgan fingerprint density at radius 1 is 1.31 bits per heavy atom. The Morgan fingerprint density at radius 2 is 2.11 bits per heavy atom. The van der Waals surface area contributed by atoms with E-state index in [1.807, 2.05) is 18.2 Å². The Kier molecular flexibility index (Phi) is 6.35. The number of aromatic amines is 1. The maximum atomic E-state index is 13.6. The summed E-state index contributed by atoms with van der Waals surface area (Å²) in [6.07, 6.45) is 2.69. The third-order valence-corrected chi connectivity index (χ3v) is 7.27. The van der Waals surface area contributed by atoms with Crippen molar-refractivity contribution in [1.29, 1.82) is 0 Å². The lowest BCUT2D eigenvalue weighted by molar-refractivity contribution is -0.142. The van der Waals surface area contributed by atoms with E-state index < -0.39 is 23.1 Å². The number of nitrogens with two attached hydrogens (primary N) is 1. The van der Waals surface area contributed by atoms with Gasteiger partial charge in [0.2, 0.25) is 5.95 Å². The Labute approximate surface area is 210 Å². The molecule has 190 valence electrons. The van der Waals surface area contributed by atoms with Crippen molar-refractivity contribution in [1.82, 2.24) is 23.7 Å². The molecule has 0 amide bonds. The van der Waals surface area contributed by atoms with Crippen LogP contribution in [-0.4, -0.2) is 47.3 Å². The number of benzene rings is 1. The molecule has 1 aliphatic carbocycles. The highest BCUT2D eigenvalue weighted by Crippen LogP contribution is 2.28. The summed E-state index contributed by atoms with van der Waals surface area (Å²) >= 11 is 6.29. The van der Waals surface area contributed by atoms with E-state index in [-0.39, 0.29) is 30.3 Å². The minimum absolute atomic E-state index is 0.0337. The zero-order chi connectivity index (χ0) is 25.6. The first-order valence-electron chi connectivity index (χ1n) is 11.9. The molecule has 5 rings (SSSR count). The van der Waals surface area contributed by atoms with Crippen LogP contribution in [0.25, 0.3) is 22.1 Å². The molecule has 3 heterocycles. The summed E-state index contributed by atoms with van der Waals surface area (Å²) in [5.41, 5.74) is 6.90. The van der Waals surface area contributed by atoms with Crippen LogP contribution in [0.5, 0.6) is 0 Å². The number of halogens is 1. The van der Waals surface area contributed by atoms with E-state index in [0.717, 1.165) is 23.7 Å². The molecule has 1 saturated carbocycles. The molecule has 5 N–H and O–H groups in total. The van der Waals surface area contributed by atoms with Gasteiger partial charge >= 0.3 is 11.7 Å². The first kappa shape index (κ1) is 24.1. The van der Waals surface area contributed by atoms with Gasteiger partial charge in [0.1, 0.15) is 0 Å². The van der Waals surface area contributed by atoms with Crippen molar-refractivity contribution in [2.45, 2.75) is 44.8 Å². The molecular weight excluding hydrogens is 486 g/mol. The van der Waals surface area contributed by atoms with Crippen molar-refractivity contribution in [3.8, 4) is 0 Å². The molecule has 4 aromatic rings. The number of hydrogen-bond acceptors (Lipinski definition) is 6. The quantitative estimate of drug-likeness (QED) is 0.295. The van der Waals surface area contributed by atoms with E-state index >= 15 is 0 Å². The second kappa shape index (κ2) is 9.47. The fourth-order valence-electron chi connectivity index (χ4n) is 5.13. The molecule has 0 radical (unpaired) electrons. The molecule has 2 atom stereocenters. The lowest BCUT2D eigenvalue weighted by Crippen LogP contribution is -2.40. The lowest BCUT2D eigenvalue weighted by Gasteiger charge is -2.27. The van der Waals surface area contributed by atoms with E-state index in [1.54, 1.807) is 17.7 Å². The number of imidazole rings is 1. The van der Waals surface area contributed by atoms with Gasteiger partial charge in [-0.25, -0.2) is 4.79 Å². The van der Waals surface area contributed by atoms with E-state index in [1.165, 1.54) is 9.13 Å². The Bertz CT molecular complexity index is 1580. The predicted octanol–water partition coefficient (Wildman–Crippen LogP) is 2.09. The Hall–Kier alpha value is -3.57. The SMILES string of the molecule is Cn1c(=O)n(Cc2cc3c(Cl)cccc3[nH]2)c(=O)c2c1nc(NC1CCCC(C(=O)O)C1)n2CCN. The van der Waals surface area contributed by atoms with Crippen LogP contribution in [0, 0.1) is 5.92 Å². The second-order valence-electron chi connectivity index (χ2n) is 9.32. The average molecular weight is 514 g/mol. The first-order chi connectivity index (χ1) is 17.3. The smallest absolute Gasteiger partial charge is 0.332 e. The molecule has 1 fully saturated rings. The standard InChI is InChI=1S/C24H28ClN7O4/c1-30-20-19(31(9-8-26)23(29-20)28-14-5-2-4-13(10-14)22(34)35)21(33)32(24(30)36)12-15-11-16-17(25)6-3-7-18(16)27-15/h3,6-7,11,13-14,27H,2,4-5,8-10,12,26H2,1H3,(H,28,29)(H,34,35). The fourth-order valence-corrected chi connectivity index (χ4v) is 5.36. The summed E-state index contributed by atoms with van der Waals surface area (Å²) in [5.74, 6) is -0.816. The summed E-state index contributed by atoms with van der Waals surface area (Å²) in [4.78, 5) is 46.1. The number of carboxylic acid groups (broad SMARTS) is 1. The number of rotatable bonds is 7. The Morgan fingerprint density at radius 3 is 2.83 bits per heavy atom. The van der Waals surface area contributed by atoms with Crippen LogP contribution in [0.3, 0.4) is 0 Å². The van der Waals surface area contributed by atoms with Gasteiger partial charge in [-0.1, -0.05) is 24.1 Å². The van der Waals surface area contributed by atoms with Crippen LogP contribution in [-0.2, 0) is 24.9 Å². The van der Waals surface area contributed by atoms with E-state index in [4.69, 9.17) is 17.3 Å². The highest BCUT2D eigenvalue weighted by Gasteiger charge is 2.29. The van der Waals surface area contributed by atoms with Gasteiger partial charge in [0.15, 0.2) is 11.2 Å². The molecule has 0 aliphatic heterocycles. The number of nitrogens with one attached hydrogen (secondary N) is 2. The highest BCUT2D eigenvalue weighted by molar-refractivity contribution is 6.35. The van der Waals surface area contributed by atoms with Crippen LogP contribution in [0.2, 0.25) is 5.02 Å². The van der Waals surface area contributed by atoms with Crippen LogP contribution < -0.4 is 22.3 Å². The molecule has 0 bridgehead atoms. The molecular formula is C24H28ClN7O4. The van der Waals surface area contributed by atoms with E-state index in [2.05, 4.69) is 15.3 Å². The molecule has 36 heavy (non-hydrogen) atoms. The first-order valence-corrected chi connectivity index (χ1v) is 12.3. The molecule has 1 aliphatic rings. The topological polar surface area (TPSA) is 153 Å². The minimum atomic E-state index is -0.805. The lowest BCUT2D eigenvalue weighted by atomic mass is 9.86. The number of hydrogen-bond donors (Lipinski definition) is 4. The molecule has 0 saturated heterocycles. The van der Waals surface area contributed by atoms with Gasteiger partial charge < -0.3 is 25.7 Å². The van der Waals surface area contributed by atoms with Crippen molar-refractivity contribution in [3.63, 3.8) is 0 Å².